The molecule has 2 aliphatic rings. The summed E-state index contributed by atoms with van der Waals surface area (Å²) in [7, 11) is -13.7. The number of halogens is 11. The number of pyridine rings is 1. The van der Waals surface area contributed by atoms with Gasteiger partial charge in [-0.1, -0.05) is 23.6 Å². The van der Waals surface area contributed by atoms with E-state index in [0.717, 1.165) is 42.7 Å². The maximum absolute atomic E-state index is 15.5. The predicted molar refractivity (Wildman–Crippen MR) is 225 cm³/mol. The van der Waals surface area contributed by atoms with Gasteiger partial charge >= 0.3 is 12.4 Å². The number of benzene rings is 2. The quantitative estimate of drug-likeness (QED) is 0.101. The van der Waals surface area contributed by atoms with Crippen LogP contribution < -0.4 is 9.03 Å². The fraction of sp³-hybridized carbons (Fsp3) is 0.400. The molecule has 14 nitrogen and oxygen atoms in total. The van der Waals surface area contributed by atoms with E-state index < -0.39 is 158 Å². The second kappa shape index (κ2) is 16.6. The molecule has 1 N–H and O–H groups in total. The molecule has 2 aliphatic carbocycles. The monoisotopic (exact) mass is 1050 g/mol. The zero-order valence-corrected chi connectivity index (χ0v) is 38.7. The number of carbonyl (C=O) groups is 1. The summed E-state index contributed by atoms with van der Waals surface area (Å²) >= 11 is 6.49. The van der Waals surface area contributed by atoms with E-state index in [1.165, 1.54) is 13.8 Å². The van der Waals surface area contributed by atoms with Crippen molar-refractivity contribution < 1.29 is 74.0 Å². The summed E-state index contributed by atoms with van der Waals surface area (Å²) in [5, 5.41) is 8.27. The number of hydrogen-bond donors (Lipinski definition) is 1. The highest BCUT2D eigenvalue weighted by molar-refractivity contribution is 8.09. The van der Waals surface area contributed by atoms with Crippen LogP contribution in [0.25, 0.3) is 22.0 Å². The van der Waals surface area contributed by atoms with Crippen LogP contribution >= 0.6 is 11.6 Å². The lowest BCUT2D eigenvalue weighted by molar-refractivity contribution is -0.142. The number of sulfonamides is 2. The number of nitrogens with one attached hydrogen (secondary N) is 1. The Kier molecular flexibility index (Phi) is 12.3. The number of rotatable bonds is 12. The highest BCUT2D eigenvalue weighted by Crippen LogP contribution is 2.68. The normalized spacial score (nSPS) is 17.6. The van der Waals surface area contributed by atoms with E-state index in [4.69, 9.17) is 11.6 Å². The molecule has 3 heterocycles. The molecule has 1 fully saturated rings. The van der Waals surface area contributed by atoms with Gasteiger partial charge in [-0.25, -0.2) is 39.0 Å². The highest BCUT2D eigenvalue weighted by atomic mass is 35.5. The van der Waals surface area contributed by atoms with E-state index in [0.29, 0.717) is 18.6 Å². The van der Waals surface area contributed by atoms with Crippen LogP contribution in [0, 0.1) is 29.4 Å². The van der Waals surface area contributed by atoms with E-state index in [1.807, 2.05) is 0 Å². The molecule has 7 rings (SSSR count). The molecule has 0 spiro atoms. The van der Waals surface area contributed by atoms with Gasteiger partial charge in [-0.05, 0) is 74.4 Å². The predicted octanol–water partition coefficient (Wildman–Crippen LogP) is 7.02. The molecular formula is C40H34ClF10N7O7S3. The van der Waals surface area contributed by atoms with Gasteiger partial charge < -0.3 is 5.32 Å². The molecule has 0 radical (unpaired) electrons. The first-order valence-electron chi connectivity index (χ1n) is 19.5. The number of amides is 1. The van der Waals surface area contributed by atoms with Crippen LogP contribution in [0.3, 0.4) is 0 Å². The van der Waals surface area contributed by atoms with Gasteiger partial charge in [0.1, 0.15) is 40.9 Å². The van der Waals surface area contributed by atoms with Gasteiger partial charge in [0, 0.05) is 34.9 Å². The number of carbonyl (C=O) groups excluding carboxylic acids is 1. The Balaban J connectivity index is 1.50. The first kappa shape index (κ1) is 50.4. The SMILES string of the molecule is CC(C)(C#Cc1ccc(-c2ccc(Cl)c3c(N(S(C)(=O)=O)S(C)(=O)=O)nn(CC(F)(F)F)c23)c(C(Cc2cc(F)cc(F)c2)NC(=O)Cn2nc(C(F)(F)F)c3c2C(F)(F)[C@@H]2C[C@H]32)n1)S(C)(=O)=O. The van der Waals surface area contributed by atoms with Crippen molar-refractivity contribution in [3.8, 4) is 23.0 Å². The molecule has 28 heteroatoms. The third-order valence-electron chi connectivity index (χ3n) is 11.1. The van der Waals surface area contributed by atoms with Crippen molar-refractivity contribution in [2.75, 3.05) is 22.5 Å². The van der Waals surface area contributed by atoms with Gasteiger partial charge in [0.15, 0.2) is 21.3 Å². The lowest BCUT2D eigenvalue weighted by Gasteiger charge is -2.23. The summed E-state index contributed by atoms with van der Waals surface area (Å²) in [4.78, 5) is 18.5. The number of fused-ring (bicyclic) bond motifs is 4. The van der Waals surface area contributed by atoms with E-state index in [1.54, 1.807) is 0 Å². The van der Waals surface area contributed by atoms with Crippen molar-refractivity contribution in [1.82, 2.24) is 29.9 Å². The Morgan fingerprint density at radius 2 is 1.51 bits per heavy atom. The van der Waals surface area contributed by atoms with Crippen molar-refractivity contribution in [2.45, 2.75) is 74.8 Å². The third kappa shape index (κ3) is 9.73. The van der Waals surface area contributed by atoms with Gasteiger partial charge in [0.05, 0.1) is 40.2 Å². The Morgan fingerprint density at radius 3 is 2.07 bits per heavy atom. The van der Waals surface area contributed by atoms with Crippen LogP contribution in [-0.2, 0) is 66.3 Å². The summed E-state index contributed by atoms with van der Waals surface area (Å²) in [6, 6.07) is 4.55. The minimum Gasteiger partial charge on any atom is -0.346 e. The average molecular weight is 1050 g/mol. The largest absolute Gasteiger partial charge is 0.435 e. The van der Waals surface area contributed by atoms with E-state index in [-0.39, 0.29) is 36.3 Å². The van der Waals surface area contributed by atoms with Crippen molar-refractivity contribution in [2.24, 2.45) is 5.92 Å². The van der Waals surface area contributed by atoms with Crippen LogP contribution in [0.5, 0.6) is 0 Å². The molecule has 366 valence electrons. The molecule has 68 heavy (non-hydrogen) atoms. The van der Waals surface area contributed by atoms with E-state index in [2.05, 4.69) is 32.3 Å². The van der Waals surface area contributed by atoms with E-state index in [9.17, 15) is 65.2 Å². The summed E-state index contributed by atoms with van der Waals surface area (Å²) in [5.74, 6) is -6.26. The molecular weight excluding hydrogens is 1010 g/mol. The average Bonchev–Trinajstić information content (AvgIpc) is 3.68. The summed E-state index contributed by atoms with van der Waals surface area (Å²) in [6.07, 6.45) is -9.67. The summed E-state index contributed by atoms with van der Waals surface area (Å²) in [5.41, 5.74) is -6.11. The zero-order chi connectivity index (χ0) is 50.6. The highest BCUT2D eigenvalue weighted by Gasteiger charge is 2.68. The maximum atomic E-state index is 15.5. The molecule has 0 bridgehead atoms. The lowest BCUT2D eigenvalue weighted by atomic mass is 9.93. The number of hydrogen-bond acceptors (Lipinski definition) is 10. The molecule has 1 saturated carbocycles. The van der Waals surface area contributed by atoms with Crippen LogP contribution in [0.4, 0.5) is 49.7 Å². The molecule has 2 aromatic carbocycles. The van der Waals surface area contributed by atoms with Gasteiger partial charge in [0.2, 0.25) is 26.0 Å². The molecule has 0 aliphatic heterocycles. The van der Waals surface area contributed by atoms with Crippen LogP contribution in [0.15, 0.2) is 42.5 Å². The molecule has 0 saturated heterocycles. The number of nitrogens with zero attached hydrogens (tertiary/aromatic N) is 6. The lowest BCUT2D eigenvalue weighted by Crippen LogP contribution is -2.36. The number of sulfone groups is 1. The van der Waals surface area contributed by atoms with Gasteiger partial charge in [-0.3, -0.25) is 14.2 Å². The molecule has 3 atom stereocenters. The second-order valence-electron chi connectivity index (χ2n) is 16.7. The Morgan fingerprint density at radius 1 is 0.912 bits per heavy atom. The van der Waals surface area contributed by atoms with Crippen molar-refractivity contribution in [1.29, 1.82) is 0 Å². The summed E-state index contributed by atoms with van der Waals surface area (Å²) < 4.78 is 221. The minimum absolute atomic E-state index is 0.178. The van der Waals surface area contributed by atoms with Gasteiger partial charge in [0.25, 0.3) is 5.92 Å². The topological polar surface area (TPSA) is 183 Å². The Labute approximate surface area is 385 Å². The van der Waals surface area contributed by atoms with Crippen molar-refractivity contribution in [3.63, 3.8) is 0 Å². The second-order valence-corrected chi connectivity index (χ2v) is 23.6. The van der Waals surface area contributed by atoms with Crippen LogP contribution in [0.2, 0.25) is 5.02 Å². The fourth-order valence-electron chi connectivity index (χ4n) is 7.95. The van der Waals surface area contributed by atoms with Gasteiger partial charge in [-0.15, -0.1) is 3.71 Å². The molecule has 5 aromatic rings. The fourth-order valence-corrected chi connectivity index (χ4v) is 11.3. The van der Waals surface area contributed by atoms with Crippen molar-refractivity contribution in [3.05, 3.63) is 93.0 Å². The molecule has 3 aromatic heterocycles. The molecule has 1 unspecified atom stereocenters. The smallest absolute Gasteiger partial charge is 0.346 e. The van der Waals surface area contributed by atoms with Gasteiger partial charge in [-0.2, -0.15) is 45.3 Å². The number of anilines is 1. The first-order chi connectivity index (χ1) is 31.0. The molecule has 1 amide bonds. The van der Waals surface area contributed by atoms with E-state index >= 15 is 8.78 Å². The van der Waals surface area contributed by atoms with Crippen LogP contribution in [0.1, 0.15) is 66.1 Å². The van der Waals surface area contributed by atoms with Crippen LogP contribution in [-0.4, -0.2) is 85.4 Å². The Hall–Kier alpha value is -5.46. The Bertz CT molecular complexity index is 3290. The standard InChI is InChI=1S/C40H34ClF10N7O7S3/c1-37(2,66(3,60)61)11-10-22-6-7-23(24-8-9-27(41)31-33(24)57(18-38(44,45)46)55-36(31)58(67(4,62)63)68(5,64)65)32(52-22)28(14-19-12-20(42)15-21(43)13-19)53-29(59)17-56-35-30(34(54-56)40(49,50)51)25-16-26(25)39(35,47)48/h6-9,12-13,15,25-26,28H,14,16-18H2,1-5H3,(H,53,59)/t25-,26+,28?/m0/s1. The third-order valence-corrected chi connectivity index (χ3v) is 16.5. The maximum Gasteiger partial charge on any atom is 0.435 e. The van der Waals surface area contributed by atoms with Crippen molar-refractivity contribution >= 4 is 64.1 Å². The number of aromatic nitrogens is 5. The minimum atomic E-state index is -5.22. The number of alkyl halides is 8. The first-order valence-corrected chi connectivity index (χ1v) is 25.5. The zero-order valence-electron chi connectivity index (χ0n) is 35.5. The summed E-state index contributed by atoms with van der Waals surface area (Å²) in [6.45, 7) is -0.877.